The largest absolute Gasteiger partial charge is 0.440 e. The maximum atomic E-state index is 11.9. The molecule has 6 heteroatoms. The molecule has 0 saturated heterocycles. The lowest BCUT2D eigenvalue weighted by Gasteiger charge is -1.96. The van der Waals surface area contributed by atoms with E-state index in [0.717, 1.165) is 15.8 Å². The van der Waals surface area contributed by atoms with E-state index in [1.165, 1.54) is 23.5 Å². The number of benzene rings is 1. The van der Waals surface area contributed by atoms with Crippen LogP contribution in [0.15, 0.2) is 34.7 Å². The molecule has 0 unspecified atom stereocenters. The predicted octanol–water partition coefficient (Wildman–Crippen LogP) is 4.10. The number of anilines is 1. The van der Waals surface area contributed by atoms with E-state index in [4.69, 9.17) is 16.0 Å². The molecule has 0 radical (unpaired) electrons. The smallest absolute Gasteiger partial charge is 0.293 e. The van der Waals surface area contributed by atoms with Gasteiger partial charge in [0.15, 0.2) is 16.1 Å². The summed E-state index contributed by atoms with van der Waals surface area (Å²) in [5.41, 5.74) is 1.98. The quantitative estimate of drug-likeness (QED) is 0.773. The molecular formula is C13H9ClN2O2S. The van der Waals surface area contributed by atoms with Crippen LogP contribution in [0.4, 0.5) is 5.13 Å². The second-order valence-corrected chi connectivity index (χ2v) is 5.40. The Bertz CT molecular complexity index is 763. The molecule has 96 valence electrons. The highest BCUT2D eigenvalue weighted by atomic mass is 35.5. The minimum absolute atomic E-state index is 0.168. The molecule has 1 N–H and O–H groups in total. The monoisotopic (exact) mass is 292 g/mol. The number of carbonyl (C=O) groups excluding carboxylic acids is 1. The number of aryl methyl sites for hydroxylation is 1. The van der Waals surface area contributed by atoms with E-state index in [1.54, 1.807) is 0 Å². The van der Waals surface area contributed by atoms with Gasteiger partial charge in [-0.15, -0.1) is 0 Å². The number of nitrogens with zero attached hydrogens (tertiary/aromatic N) is 1. The number of aromatic nitrogens is 1. The first-order valence-electron chi connectivity index (χ1n) is 5.56. The predicted molar refractivity (Wildman–Crippen MR) is 76.0 cm³/mol. The van der Waals surface area contributed by atoms with Crippen molar-refractivity contribution in [1.82, 2.24) is 4.98 Å². The van der Waals surface area contributed by atoms with Crippen LogP contribution < -0.4 is 5.32 Å². The molecule has 0 aliphatic heterocycles. The van der Waals surface area contributed by atoms with Gasteiger partial charge >= 0.3 is 0 Å². The zero-order chi connectivity index (χ0) is 13.4. The Labute approximate surface area is 118 Å². The van der Waals surface area contributed by atoms with Gasteiger partial charge in [-0.05, 0) is 42.3 Å². The third-order valence-corrected chi connectivity index (χ3v) is 3.78. The van der Waals surface area contributed by atoms with E-state index in [-0.39, 0.29) is 16.9 Å². The number of furan rings is 1. The van der Waals surface area contributed by atoms with Crippen LogP contribution in [0.1, 0.15) is 16.1 Å². The highest BCUT2D eigenvalue weighted by Gasteiger charge is 2.13. The van der Waals surface area contributed by atoms with Crippen LogP contribution in [0, 0.1) is 6.92 Å². The third kappa shape index (κ3) is 2.34. The topological polar surface area (TPSA) is 55.1 Å². The molecule has 19 heavy (non-hydrogen) atoms. The van der Waals surface area contributed by atoms with Crippen LogP contribution in [-0.2, 0) is 0 Å². The van der Waals surface area contributed by atoms with Crippen LogP contribution in [-0.4, -0.2) is 10.9 Å². The molecule has 4 nitrogen and oxygen atoms in total. The molecular weight excluding hydrogens is 284 g/mol. The van der Waals surface area contributed by atoms with Gasteiger partial charge in [-0.1, -0.05) is 23.5 Å². The van der Waals surface area contributed by atoms with E-state index in [1.807, 2.05) is 25.1 Å². The van der Waals surface area contributed by atoms with Crippen LogP contribution in [0.25, 0.3) is 10.2 Å². The van der Waals surface area contributed by atoms with E-state index in [9.17, 15) is 4.79 Å². The maximum Gasteiger partial charge on any atom is 0.293 e. The summed E-state index contributed by atoms with van der Waals surface area (Å²) in [4.78, 5) is 16.3. The molecule has 0 aliphatic carbocycles. The molecule has 2 heterocycles. The highest BCUT2D eigenvalue weighted by molar-refractivity contribution is 7.22. The molecule has 0 spiro atoms. The van der Waals surface area contributed by atoms with E-state index in [0.29, 0.717) is 5.13 Å². The normalized spacial score (nSPS) is 10.8. The van der Waals surface area contributed by atoms with E-state index < -0.39 is 0 Å². The van der Waals surface area contributed by atoms with Gasteiger partial charge in [0.25, 0.3) is 5.91 Å². The number of thiazole rings is 1. The summed E-state index contributed by atoms with van der Waals surface area (Å²) >= 11 is 7.06. The number of hydrogen-bond acceptors (Lipinski definition) is 4. The SMILES string of the molecule is Cc1cccc2sc(NC(=O)c3ccc(Cl)o3)nc12. The number of hydrogen-bond donors (Lipinski definition) is 1. The molecule has 0 aliphatic rings. The minimum Gasteiger partial charge on any atom is -0.440 e. The number of para-hydroxylation sites is 1. The van der Waals surface area contributed by atoms with Crippen molar-refractivity contribution >= 4 is 44.2 Å². The number of rotatable bonds is 2. The molecule has 3 rings (SSSR count). The van der Waals surface area contributed by atoms with Crippen molar-refractivity contribution in [1.29, 1.82) is 0 Å². The second kappa shape index (κ2) is 4.68. The first-order chi connectivity index (χ1) is 9.13. The third-order valence-electron chi connectivity index (χ3n) is 2.64. The number of amides is 1. The molecule has 1 aromatic carbocycles. The van der Waals surface area contributed by atoms with Crippen molar-refractivity contribution in [3.05, 3.63) is 46.9 Å². The standard InChI is InChI=1S/C13H9ClN2O2S/c1-7-3-2-4-9-11(7)15-13(19-9)16-12(17)8-5-6-10(14)18-8/h2-6H,1H3,(H,15,16,17). The Morgan fingerprint density at radius 3 is 2.89 bits per heavy atom. The number of carbonyl (C=O) groups is 1. The van der Waals surface area contributed by atoms with E-state index in [2.05, 4.69) is 10.3 Å². The Hall–Kier alpha value is -1.85. The fraction of sp³-hybridized carbons (Fsp3) is 0.0769. The Kier molecular flexibility index (Phi) is 3.00. The molecule has 0 bridgehead atoms. The Balaban J connectivity index is 1.89. The van der Waals surface area contributed by atoms with Crippen LogP contribution in [0.5, 0.6) is 0 Å². The van der Waals surface area contributed by atoms with Gasteiger partial charge in [0.2, 0.25) is 0 Å². The first-order valence-corrected chi connectivity index (χ1v) is 6.76. The fourth-order valence-electron chi connectivity index (χ4n) is 1.73. The fourth-order valence-corrected chi connectivity index (χ4v) is 2.82. The van der Waals surface area contributed by atoms with Crippen molar-refractivity contribution in [2.75, 3.05) is 5.32 Å². The summed E-state index contributed by atoms with van der Waals surface area (Å²) in [6.07, 6.45) is 0. The van der Waals surface area contributed by atoms with Gasteiger partial charge in [-0.25, -0.2) is 4.98 Å². The molecule has 2 aromatic heterocycles. The summed E-state index contributed by atoms with van der Waals surface area (Å²) < 4.78 is 6.08. The Morgan fingerprint density at radius 2 is 2.21 bits per heavy atom. The van der Waals surface area contributed by atoms with Gasteiger partial charge < -0.3 is 4.42 Å². The van der Waals surface area contributed by atoms with Crippen molar-refractivity contribution in [3.8, 4) is 0 Å². The summed E-state index contributed by atoms with van der Waals surface area (Å²) in [7, 11) is 0. The molecule has 3 aromatic rings. The van der Waals surface area contributed by atoms with Gasteiger partial charge in [-0.2, -0.15) is 0 Å². The van der Waals surface area contributed by atoms with Crippen molar-refractivity contribution in [2.45, 2.75) is 6.92 Å². The van der Waals surface area contributed by atoms with Crippen molar-refractivity contribution < 1.29 is 9.21 Å². The van der Waals surface area contributed by atoms with Crippen molar-refractivity contribution in [3.63, 3.8) is 0 Å². The Morgan fingerprint density at radius 1 is 1.37 bits per heavy atom. The number of halogens is 1. The molecule has 0 saturated carbocycles. The molecule has 0 fully saturated rings. The summed E-state index contributed by atoms with van der Waals surface area (Å²) in [6.45, 7) is 1.99. The minimum atomic E-state index is -0.358. The zero-order valence-electron chi connectivity index (χ0n) is 9.94. The lowest BCUT2D eigenvalue weighted by atomic mass is 10.2. The summed E-state index contributed by atoms with van der Waals surface area (Å²) in [5.74, 6) is -0.190. The number of nitrogens with one attached hydrogen (secondary N) is 1. The molecule has 1 amide bonds. The van der Waals surface area contributed by atoms with Crippen LogP contribution >= 0.6 is 22.9 Å². The lowest BCUT2D eigenvalue weighted by molar-refractivity contribution is 0.0997. The van der Waals surface area contributed by atoms with E-state index >= 15 is 0 Å². The van der Waals surface area contributed by atoms with Gasteiger partial charge in [0.05, 0.1) is 10.2 Å². The maximum absolute atomic E-state index is 11.9. The first kappa shape index (κ1) is 12.2. The van der Waals surface area contributed by atoms with Crippen LogP contribution in [0.2, 0.25) is 5.22 Å². The second-order valence-electron chi connectivity index (χ2n) is 4.00. The van der Waals surface area contributed by atoms with Gasteiger partial charge in [0, 0.05) is 0 Å². The lowest BCUT2D eigenvalue weighted by Crippen LogP contribution is -2.10. The van der Waals surface area contributed by atoms with Crippen molar-refractivity contribution in [2.24, 2.45) is 0 Å². The average molecular weight is 293 g/mol. The zero-order valence-corrected chi connectivity index (χ0v) is 11.5. The van der Waals surface area contributed by atoms with Gasteiger partial charge in [0.1, 0.15) is 0 Å². The molecule has 0 atom stereocenters. The summed E-state index contributed by atoms with van der Waals surface area (Å²) in [5, 5.41) is 3.43. The number of fused-ring (bicyclic) bond motifs is 1. The van der Waals surface area contributed by atoms with Crippen LogP contribution in [0.3, 0.4) is 0 Å². The highest BCUT2D eigenvalue weighted by Crippen LogP contribution is 2.28. The summed E-state index contributed by atoms with van der Waals surface area (Å²) in [6, 6.07) is 8.97. The average Bonchev–Trinajstić information content (AvgIpc) is 2.96. The van der Waals surface area contributed by atoms with Gasteiger partial charge in [-0.3, -0.25) is 10.1 Å².